The van der Waals surface area contributed by atoms with Crippen LogP contribution >= 0.6 is 12.2 Å². The van der Waals surface area contributed by atoms with Crippen molar-refractivity contribution in [2.75, 3.05) is 4.90 Å². The zero-order chi connectivity index (χ0) is 25.6. The lowest BCUT2D eigenvalue weighted by Crippen LogP contribution is -2.29. The van der Waals surface area contributed by atoms with Gasteiger partial charge in [0.15, 0.2) is 5.11 Å². The molecule has 2 aromatic carbocycles. The molecule has 8 heteroatoms. The highest BCUT2D eigenvalue weighted by atomic mass is 32.1. The molecule has 1 aliphatic rings. The average Bonchev–Trinajstić information content (AvgIpc) is 3.34. The van der Waals surface area contributed by atoms with E-state index in [1.807, 2.05) is 67.8 Å². The predicted octanol–water partition coefficient (Wildman–Crippen LogP) is 6.99. The molecular weight excluding hydrogens is 481 g/mol. The number of rotatable bonds is 4. The molecule has 0 saturated carbocycles. The van der Waals surface area contributed by atoms with Crippen LogP contribution in [0, 0.1) is 20.8 Å². The fraction of sp³-hybridized carbons (Fsp3) is 0.214. The lowest BCUT2D eigenvalue weighted by Gasteiger charge is -2.28. The highest BCUT2D eigenvalue weighted by molar-refractivity contribution is 7.80. The van der Waals surface area contributed by atoms with Crippen LogP contribution in [0.25, 0.3) is 5.69 Å². The van der Waals surface area contributed by atoms with Crippen molar-refractivity contribution in [3.63, 3.8) is 0 Å². The van der Waals surface area contributed by atoms with E-state index in [9.17, 15) is 13.2 Å². The molecule has 1 N–H and O–H groups in total. The van der Waals surface area contributed by atoms with Gasteiger partial charge < -0.3 is 14.8 Å². The first-order valence-corrected chi connectivity index (χ1v) is 12.0. The standard InChI is InChI=1S/C28H25F3N4S/c1-17-8-6-10-21(14-17)35-26(25(33-27(35)36)24-12-4-5-13-32-24)23-15-18(2)34(19(23)3)22-11-7-9-20(16-22)28(29,30)31/h4-16,25-26H,1-3H3,(H,33,36)/t25-,26+/m1/s1. The van der Waals surface area contributed by atoms with Crippen molar-refractivity contribution in [1.29, 1.82) is 0 Å². The normalized spacial score (nSPS) is 17.9. The average molecular weight is 507 g/mol. The Morgan fingerprint density at radius 1 is 0.889 bits per heavy atom. The van der Waals surface area contributed by atoms with Gasteiger partial charge in [0, 0.05) is 29.0 Å². The second-order valence-electron chi connectivity index (χ2n) is 9.05. The highest BCUT2D eigenvalue weighted by Crippen LogP contribution is 2.44. The molecule has 2 atom stereocenters. The van der Waals surface area contributed by atoms with Crippen molar-refractivity contribution in [1.82, 2.24) is 14.9 Å². The third kappa shape index (κ3) is 4.26. The quantitative estimate of drug-likeness (QED) is 0.302. The first-order valence-electron chi connectivity index (χ1n) is 11.6. The number of aryl methyl sites for hydroxylation is 2. The van der Waals surface area contributed by atoms with Crippen molar-refractivity contribution < 1.29 is 13.2 Å². The summed E-state index contributed by atoms with van der Waals surface area (Å²) in [6.07, 6.45) is -2.67. The second kappa shape index (κ2) is 9.09. The van der Waals surface area contributed by atoms with Crippen LogP contribution < -0.4 is 10.2 Å². The van der Waals surface area contributed by atoms with Crippen molar-refractivity contribution in [2.24, 2.45) is 0 Å². The lowest BCUT2D eigenvalue weighted by atomic mass is 9.96. The maximum Gasteiger partial charge on any atom is 0.416 e. The Balaban J connectivity index is 1.68. The van der Waals surface area contributed by atoms with E-state index >= 15 is 0 Å². The molecule has 5 rings (SSSR count). The van der Waals surface area contributed by atoms with Crippen LogP contribution in [0.2, 0.25) is 0 Å². The number of anilines is 1. The minimum absolute atomic E-state index is 0.241. The smallest absolute Gasteiger partial charge is 0.351 e. The molecule has 0 bridgehead atoms. The Bertz CT molecular complexity index is 1430. The number of nitrogens with one attached hydrogen (secondary N) is 1. The Labute approximate surface area is 213 Å². The first-order chi connectivity index (χ1) is 17.1. The van der Waals surface area contributed by atoms with Gasteiger partial charge in [-0.1, -0.05) is 24.3 Å². The second-order valence-corrected chi connectivity index (χ2v) is 9.43. The van der Waals surface area contributed by atoms with Crippen LogP contribution in [0.3, 0.4) is 0 Å². The van der Waals surface area contributed by atoms with E-state index in [-0.39, 0.29) is 12.1 Å². The minimum atomic E-state index is -4.42. The molecule has 0 aliphatic carbocycles. The summed E-state index contributed by atoms with van der Waals surface area (Å²) in [5.74, 6) is 0. The molecule has 2 aromatic heterocycles. The van der Waals surface area contributed by atoms with E-state index in [1.165, 1.54) is 12.1 Å². The zero-order valence-corrected chi connectivity index (χ0v) is 20.9. The Kier molecular flexibility index (Phi) is 6.08. The zero-order valence-electron chi connectivity index (χ0n) is 20.0. The van der Waals surface area contributed by atoms with Crippen LogP contribution in [0.5, 0.6) is 0 Å². The van der Waals surface area contributed by atoms with Gasteiger partial charge in [0.05, 0.1) is 23.3 Å². The fourth-order valence-electron chi connectivity index (χ4n) is 5.03. The summed E-state index contributed by atoms with van der Waals surface area (Å²) in [7, 11) is 0. The molecular formula is C28H25F3N4S. The minimum Gasteiger partial charge on any atom is -0.351 e. The summed E-state index contributed by atoms with van der Waals surface area (Å²) in [4.78, 5) is 6.67. The van der Waals surface area contributed by atoms with E-state index in [4.69, 9.17) is 12.2 Å². The molecule has 0 radical (unpaired) electrons. The summed E-state index contributed by atoms with van der Waals surface area (Å²) >= 11 is 5.81. The van der Waals surface area contributed by atoms with E-state index < -0.39 is 11.7 Å². The molecule has 1 fully saturated rings. The molecule has 4 nitrogen and oxygen atoms in total. The molecule has 0 spiro atoms. The summed E-state index contributed by atoms with van der Waals surface area (Å²) in [5, 5.41) is 4.02. The molecule has 0 amide bonds. The maximum absolute atomic E-state index is 13.4. The number of aromatic nitrogens is 2. The Hall–Kier alpha value is -3.65. The molecule has 36 heavy (non-hydrogen) atoms. The Morgan fingerprint density at radius 3 is 2.33 bits per heavy atom. The molecule has 184 valence electrons. The summed E-state index contributed by atoms with van der Waals surface area (Å²) in [6.45, 7) is 5.87. The SMILES string of the molecule is Cc1cccc(N2C(=S)N[C@H](c3ccccn3)[C@@H]2c2cc(C)n(-c3cccc(C(F)(F)F)c3)c2C)c1. The predicted molar refractivity (Wildman–Crippen MR) is 139 cm³/mol. The topological polar surface area (TPSA) is 33.1 Å². The van der Waals surface area contributed by atoms with Gasteiger partial charge in [0.25, 0.3) is 0 Å². The van der Waals surface area contributed by atoms with Gasteiger partial charge in [-0.15, -0.1) is 0 Å². The number of pyridine rings is 1. The van der Waals surface area contributed by atoms with Gasteiger partial charge >= 0.3 is 6.18 Å². The molecule has 1 aliphatic heterocycles. The van der Waals surface area contributed by atoms with Crippen LogP contribution in [0.15, 0.2) is 79.0 Å². The number of benzene rings is 2. The molecule has 4 aromatic rings. The number of alkyl halides is 3. The van der Waals surface area contributed by atoms with Crippen molar-refractivity contribution in [3.8, 4) is 5.69 Å². The fourth-order valence-corrected chi connectivity index (χ4v) is 5.38. The van der Waals surface area contributed by atoms with Gasteiger partial charge in [0.2, 0.25) is 0 Å². The third-order valence-corrected chi connectivity index (χ3v) is 6.91. The molecule has 3 heterocycles. The summed E-state index contributed by atoms with van der Waals surface area (Å²) in [5.41, 5.74) is 5.33. The van der Waals surface area contributed by atoms with E-state index in [0.717, 1.165) is 40.0 Å². The summed E-state index contributed by atoms with van der Waals surface area (Å²) < 4.78 is 42.2. The van der Waals surface area contributed by atoms with Crippen LogP contribution in [-0.2, 0) is 6.18 Å². The van der Waals surface area contributed by atoms with Gasteiger partial charge in [-0.2, -0.15) is 13.2 Å². The van der Waals surface area contributed by atoms with Gasteiger partial charge in [-0.3, -0.25) is 4.98 Å². The third-order valence-electron chi connectivity index (χ3n) is 6.60. The largest absolute Gasteiger partial charge is 0.416 e. The lowest BCUT2D eigenvalue weighted by molar-refractivity contribution is -0.137. The monoisotopic (exact) mass is 506 g/mol. The van der Waals surface area contributed by atoms with Crippen LogP contribution in [0.4, 0.5) is 18.9 Å². The summed E-state index contributed by atoms with van der Waals surface area (Å²) in [6, 6.07) is 20.8. The van der Waals surface area contributed by atoms with Crippen molar-refractivity contribution in [2.45, 2.75) is 39.0 Å². The van der Waals surface area contributed by atoms with Gasteiger partial charge in [0.1, 0.15) is 0 Å². The van der Waals surface area contributed by atoms with E-state index in [2.05, 4.69) is 21.3 Å². The number of halogens is 3. The highest BCUT2D eigenvalue weighted by Gasteiger charge is 2.42. The van der Waals surface area contributed by atoms with E-state index in [1.54, 1.807) is 12.3 Å². The molecule has 0 unspecified atom stereocenters. The number of thiocarbonyl (C=S) groups is 1. The number of nitrogens with zero attached hydrogens (tertiary/aromatic N) is 3. The first kappa shape index (κ1) is 24.1. The van der Waals surface area contributed by atoms with Crippen molar-refractivity contribution in [3.05, 3.63) is 113 Å². The number of hydrogen-bond donors (Lipinski definition) is 1. The van der Waals surface area contributed by atoms with Crippen molar-refractivity contribution >= 4 is 23.0 Å². The van der Waals surface area contributed by atoms with Crippen LogP contribution in [0.1, 0.15) is 45.9 Å². The molecule has 1 saturated heterocycles. The van der Waals surface area contributed by atoms with E-state index in [0.29, 0.717) is 10.8 Å². The maximum atomic E-state index is 13.4. The van der Waals surface area contributed by atoms with Gasteiger partial charge in [-0.25, -0.2) is 0 Å². The Morgan fingerprint density at radius 2 is 1.64 bits per heavy atom. The van der Waals surface area contributed by atoms with Gasteiger partial charge in [-0.05, 0) is 92.6 Å². The van der Waals surface area contributed by atoms with Crippen LogP contribution in [-0.4, -0.2) is 14.7 Å². The number of hydrogen-bond acceptors (Lipinski definition) is 2.